The highest BCUT2D eigenvalue weighted by Gasteiger charge is 2.25. The van der Waals surface area contributed by atoms with Crippen LogP contribution >= 0.6 is 22.9 Å². The van der Waals surface area contributed by atoms with Crippen LogP contribution in [0.5, 0.6) is 0 Å². The van der Waals surface area contributed by atoms with Gasteiger partial charge in [0.25, 0.3) is 0 Å². The molecule has 10 heteroatoms. The van der Waals surface area contributed by atoms with Crippen molar-refractivity contribution in [2.75, 3.05) is 5.32 Å². The number of anilines is 1. The molecule has 0 bridgehead atoms. The summed E-state index contributed by atoms with van der Waals surface area (Å²) in [6.45, 7) is -0.00974. The molecule has 8 nitrogen and oxygen atoms in total. The van der Waals surface area contributed by atoms with Crippen LogP contribution in [0, 0.1) is 0 Å². The molecule has 0 aliphatic rings. The zero-order chi connectivity index (χ0) is 22.9. The van der Waals surface area contributed by atoms with Crippen molar-refractivity contribution in [3.8, 4) is 0 Å². The number of aliphatic carboxylic acids is 1. The van der Waals surface area contributed by atoms with Crippen LogP contribution in [0.15, 0.2) is 71.1 Å². The number of thiazole rings is 1. The second-order valence-electron chi connectivity index (χ2n) is 6.28. The van der Waals surface area contributed by atoms with Crippen LogP contribution < -0.4 is 5.32 Å². The van der Waals surface area contributed by atoms with E-state index in [4.69, 9.17) is 21.1 Å². The average Bonchev–Trinajstić information content (AvgIpc) is 3.24. The van der Waals surface area contributed by atoms with Crippen molar-refractivity contribution in [2.45, 2.75) is 13.2 Å². The molecule has 0 atom stereocenters. The Labute approximate surface area is 192 Å². The number of carbonyl (C=O) groups is 3. The first-order valence-electron chi connectivity index (χ1n) is 9.21. The van der Waals surface area contributed by atoms with Crippen LogP contribution in [0.25, 0.3) is 5.57 Å². The van der Waals surface area contributed by atoms with Crippen LogP contribution in [0.3, 0.4) is 0 Å². The average molecular weight is 473 g/mol. The van der Waals surface area contributed by atoms with Gasteiger partial charge in [-0.3, -0.25) is 5.32 Å². The lowest BCUT2D eigenvalue weighted by atomic mass is 10.2. The van der Waals surface area contributed by atoms with Gasteiger partial charge in [0.05, 0.1) is 5.69 Å². The van der Waals surface area contributed by atoms with E-state index >= 15 is 0 Å². The fourth-order valence-electron chi connectivity index (χ4n) is 2.50. The molecule has 0 unspecified atom stereocenters. The molecule has 0 saturated carbocycles. The van der Waals surface area contributed by atoms with Gasteiger partial charge in [0.2, 0.25) is 0 Å². The number of carboxylic acids is 1. The lowest BCUT2D eigenvalue weighted by Crippen LogP contribution is -2.14. The summed E-state index contributed by atoms with van der Waals surface area (Å²) in [6, 6.07) is 17.9. The lowest BCUT2D eigenvalue weighted by Gasteiger charge is -2.06. The number of aromatic nitrogens is 1. The summed E-state index contributed by atoms with van der Waals surface area (Å²) in [4.78, 5) is 40.0. The summed E-state index contributed by atoms with van der Waals surface area (Å²) in [5.74, 6) is -2.46. The standard InChI is InChI=1S/C22H17ClN2O6S/c23-18(20(28)30-11-14-7-3-1-4-8-14)17(19(26)27)16-13-32-21(24-16)25-22(29)31-12-15-9-5-2-6-10-15/h1-10,13H,11-12H2,(H,26,27)(H,24,25,29). The molecule has 0 fully saturated rings. The van der Waals surface area contributed by atoms with Crippen molar-refractivity contribution in [3.05, 3.63) is 87.9 Å². The number of hydrogen-bond acceptors (Lipinski definition) is 7. The zero-order valence-electron chi connectivity index (χ0n) is 16.5. The number of nitrogens with zero attached hydrogens (tertiary/aromatic N) is 1. The van der Waals surface area contributed by atoms with Crippen molar-refractivity contribution in [2.24, 2.45) is 0 Å². The van der Waals surface area contributed by atoms with Crippen LogP contribution in [-0.4, -0.2) is 28.1 Å². The summed E-state index contributed by atoms with van der Waals surface area (Å²) in [7, 11) is 0. The van der Waals surface area contributed by atoms with E-state index in [1.807, 2.05) is 24.3 Å². The maximum atomic E-state index is 12.3. The Hall–Kier alpha value is -3.69. The second kappa shape index (κ2) is 11.1. The van der Waals surface area contributed by atoms with E-state index in [0.717, 1.165) is 22.5 Å². The summed E-state index contributed by atoms with van der Waals surface area (Å²) in [5.41, 5.74) is 0.893. The van der Waals surface area contributed by atoms with Gasteiger partial charge in [0, 0.05) is 5.38 Å². The Bertz CT molecular complexity index is 1130. The molecule has 2 aromatic carbocycles. The maximum Gasteiger partial charge on any atom is 0.413 e. The van der Waals surface area contributed by atoms with Gasteiger partial charge in [-0.2, -0.15) is 0 Å². The van der Waals surface area contributed by atoms with Gasteiger partial charge >= 0.3 is 18.0 Å². The van der Waals surface area contributed by atoms with Gasteiger partial charge in [0.15, 0.2) is 5.13 Å². The van der Waals surface area contributed by atoms with E-state index in [-0.39, 0.29) is 24.0 Å². The molecule has 3 rings (SSSR count). The number of nitrogens with one attached hydrogen (secondary N) is 1. The molecular weight excluding hydrogens is 456 g/mol. The quantitative estimate of drug-likeness (QED) is 0.361. The predicted molar refractivity (Wildman–Crippen MR) is 119 cm³/mol. The Morgan fingerprint density at radius 1 is 0.938 bits per heavy atom. The van der Waals surface area contributed by atoms with Gasteiger partial charge in [-0.1, -0.05) is 72.3 Å². The molecule has 1 amide bonds. The fourth-order valence-corrected chi connectivity index (χ4v) is 3.42. The minimum Gasteiger partial charge on any atom is -0.478 e. The third-order valence-corrected chi connectivity index (χ3v) is 5.11. The van der Waals surface area contributed by atoms with Crippen molar-refractivity contribution < 1.29 is 29.0 Å². The Morgan fingerprint density at radius 2 is 1.50 bits per heavy atom. The molecule has 3 aromatic rings. The molecule has 2 N–H and O–H groups in total. The summed E-state index contributed by atoms with van der Waals surface area (Å²) < 4.78 is 10.2. The molecular formula is C22H17ClN2O6S. The topological polar surface area (TPSA) is 115 Å². The molecule has 0 aliphatic heterocycles. The number of esters is 1. The van der Waals surface area contributed by atoms with Gasteiger partial charge < -0.3 is 14.6 Å². The van der Waals surface area contributed by atoms with Crippen molar-refractivity contribution in [1.29, 1.82) is 0 Å². The van der Waals surface area contributed by atoms with Crippen LogP contribution in [0.4, 0.5) is 9.93 Å². The number of carboxylic acid groups (broad SMARTS) is 1. The van der Waals surface area contributed by atoms with Crippen LogP contribution in [0.2, 0.25) is 0 Å². The first-order chi connectivity index (χ1) is 15.4. The summed E-state index contributed by atoms with van der Waals surface area (Å²) in [5, 5.41) is 12.8. The van der Waals surface area contributed by atoms with Gasteiger partial charge in [-0.15, -0.1) is 11.3 Å². The predicted octanol–water partition coefficient (Wildman–Crippen LogP) is 4.67. The van der Waals surface area contributed by atoms with E-state index in [0.29, 0.717) is 0 Å². The number of ether oxygens (including phenoxy) is 2. The second-order valence-corrected chi connectivity index (χ2v) is 7.52. The minimum atomic E-state index is -1.46. The normalized spacial score (nSPS) is 11.3. The van der Waals surface area contributed by atoms with E-state index < -0.39 is 28.6 Å². The van der Waals surface area contributed by atoms with Crippen LogP contribution in [-0.2, 0) is 32.3 Å². The molecule has 0 aliphatic carbocycles. The number of rotatable bonds is 8. The Kier molecular flexibility index (Phi) is 7.96. The Morgan fingerprint density at radius 3 is 2.06 bits per heavy atom. The Balaban J connectivity index is 1.65. The highest BCUT2D eigenvalue weighted by molar-refractivity contribution is 7.14. The highest BCUT2D eigenvalue weighted by Crippen LogP contribution is 2.27. The van der Waals surface area contributed by atoms with E-state index in [1.165, 1.54) is 5.38 Å². The number of halogens is 1. The zero-order valence-corrected chi connectivity index (χ0v) is 18.1. The van der Waals surface area contributed by atoms with E-state index in [1.54, 1.807) is 36.4 Å². The van der Waals surface area contributed by atoms with Crippen LogP contribution in [0.1, 0.15) is 16.8 Å². The molecule has 0 spiro atoms. The molecule has 1 aromatic heterocycles. The van der Waals surface area contributed by atoms with Crippen molar-refractivity contribution in [1.82, 2.24) is 4.98 Å². The van der Waals surface area contributed by atoms with Gasteiger partial charge in [-0.25, -0.2) is 19.4 Å². The first-order valence-corrected chi connectivity index (χ1v) is 10.5. The molecule has 0 radical (unpaired) electrons. The first kappa shape index (κ1) is 23.0. The smallest absolute Gasteiger partial charge is 0.413 e. The van der Waals surface area contributed by atoms with Crippen molar-refractivity contribution >= 4 is 51.7 Å². The molecule has 164 valence electrons. The minimum absolute atomic E-state index is 0.0598. The van der Waals surface area contributed by atoms with E-state index in [9.17, 15) is 19.5 Å². The molecule has 1 heterocycles. The molecule has 32 heavy (non-hydrogen) atoms. The number of carbonyl (C=O) groups excluding carboxylic acids is 2. The van der Waals surface area contributed by atoms with Gasteiger partial charge in [0.1, 0.15) is 23.8 Å². The highest BCUT2D eigenvalue weighted by atomic mass is 35.5. The number of amides is 1. The number of benzene rings is 2. The number of hydrogen-bond donors (Lipinski definition) is 2. The van der Waals surface area contributed by atoms with Crippen molar-refractivity contribution in [3.63, 3.8) is 0 Å². The van der Waals surface area contributed by atoms with Gasteiger partial charge in [-0.05, 0) is 11.1 Å². The third kappa shape index (κ3) is 6.40. The maximum absolute atomic E-state index is 12.3. The largest absolute Gasteiger partial charge is 0.478 e. The molecule has 0 saturated heterocycles. The summed E-state index contributed by atoms with van der Waals surface area (Å²) in [6.07, 6.45) is -0.760. The van der Waals surface area contributed by atoms with E-state index in [2.05, 4.69) is 10.3 Å². The monoisotopic (exact) mass is 472 g/mol. The SMILES string of the molecule is O=C(Nc1nc(C(C(=O)O)=C(Cl)C(=O)OCc2ccccc2)cs1)OCc1ccccc1. The lowest BCUT2D eigenvalue weighted by molar-refractivity contribution is -0.140. The fraction of sp³-hybridized carbons (Fsp3) is 0.0909. The summed E-state index contributed by atoms with van der Waals surface area (Å²) >= 11 is 6.96. The third-order valence-electron chi connectivity index (χ3n) is 4.01.